The molecule has 1 aliphatic rings. The molecule has 0 radical (unpaired) electrons. The average Bonchev–Trinajstić information content (AvgIpc) is 2.63. The van der Waals surface area contributed by atoms with Crippen molar-refractivity contribution in [1.29, 1.82) is 0 Å². The summed E-state index contributed by atoms with van der Waals surface area (Å²) in [6.07, 6.45) is 1.09. The molecule has 0 fully saturated rings. The maximum Gasteiger partial charge on any atom is -0.00133 e. The molecule has 0 amide bonds. The lowest BCUT2D eigenvalue weighted by Crippen LogP contribution is -2.11. The average molecular weight is 236 g/mol. The number of rotatable bonds is 0. The van der Waals surface area contributed by atoms with Crippen molar-refractivity contribution in [2.45, 2.75) is 39.5 Å². The first-order valence-electron chi connectivity index (χ1n) is 6.68. The van der Waals surface area contributed by atoms with Gasteiger partial charge in [-0.05, 0) is 46.6 Å². The Kier molecular flexibility index (Phi) is 2.38. The highest BCUT2D eigenvalue weighted by atomic mass is 14.3. The van der Waals surface area contributed by atoms with E-state index in [1.54, 1.807) is 0 Å². The van der Waals surface area contributed by atoms with Crippen LogP contribution in [0, 0.1) is 6.92 Å². The van der Waals surface area contributed by atoms with E-state index in [9.17, 15) is 0 Å². The van der Waals surface area contributed by atoms with E-state index in [0.29, 0.717) is 0 Å². The minimum atomic E-state index is 0.236. The van der Waals surface area contributed by atoms with Gasteiger partial charge in [-0.2, -0.15) is 0 Å². The summed E-state index contributed by atoms with van der Waals surface area (Å²) in [7, 11) is 0. The Balaban J connectivity index is 2.12. The van der Waals surface area contributed by atoms with Crippen LogP contribution in [0.2, 0.25) is 0 Å². The monoisotopic (exact) mass is 236 g/mol. The molecule has 3 rings (SSSR count). The number of hydrogen-bond donors (Lipinski definition) is 0. The molecule has 92 valence electrons. The molecule has 2 aromatic carbocycles. The zero-order chi connectivity index (χ0) is 12.9. The van der Waals surface area contributed by atoms with E-state index in [1.165, 1.54) is 33.4 Å². The Labute approximate surface area is 110 Å². The van der Waals surface area contributed by atoms with E-state index in [4.69, 9.17) is 0 Å². The first-order valence-corrected chi connectivity index (χ1v) is 6.68. The fourth-order valence-corrected chi connectivity index (χ4v) is 2.81. The molecule has 18 heavy (non-hydrogen) atoms. The van der Waals surface area contributed by atoms with E-state index in [-0.39, 0.29) is 5.41 Å². The Morgan fingerprint density at radius 2 is 1.44 bits per heavy atom. The third-order valence-corrected chi connectivity index (χ3v) is 3.90. The Bertz CT molecular complexity index is 612. The van der Waals surface area contributed by atoms with Crippen LogP contribution in [0.15, 0.2) is 36.4 Å². The van der Waals surface area contributed by atoms with Crippen molar-refractivity contribution in [1.82, 2.24) is 0 Å². The maximum atomic E-state index is 2.39. The van der Waals surface area contributed by atoms with Crippen LogP contribution < -0.4 is 0 Å². The molecule has 0 unspecified atom stereocenters. The highest BCUT2D eigenvalue weighted by Gasteiger charge is 2.21. The van der Waals surface area contributed by atoms with Gasteiger partial charge >= 0.3 is 0 Å². The standard InChI is InChI=1S/C18H20/c1-12-5-7-16-13(9-12)10-14-11-15(18(2,3)4)6-8-17(14)16/h5-9,11H,10H2,1-4H3. The van der Waals surface area contributed by atoms with Gasteiger partial charge in [0.05, 0.1) is 0 Å². The minimum Gasteiger partial charge on any atom is -0.0587 e. The lowest BCUT2D eigenvalue weighted by molar-refractivity contribution is 0.590. The molecule has 1 aliphatic carbocycles. The van der Waals surface area contributed by atoms with Crippen LogP contribution in [0.3, 0.4) is 0 Å². The van der Waals surface area contributed by atoms with Crippen molar-refractivity contribution < 1.29 is 0 Å². The molecule has 0 heterocycles. The van der Waals surface area contributed by atoms with Gasteiger partial charge in [-0.15, -0.1) is 0 Å². The molecule has 0 aromatic heterocycles. The Morgan fingerprint density at radius 3 is 2.11 bits per heavy atom. The van der Waals surface area contributed by atoms with Crippen molar-refractivity contribution in [3.8, 4) is 11.1 Å². The highest BCUT2D eigenvalue weighted by Crippen LogP contribution is 2.38. The smallest absolute Gasteiger partial charge is 0.00133 e. The number of fused-ring (bicyclic) bond motifs is 3. The van der Waals surface area contributed by atoms with Crippen LogP contribution in [0.5, 0.6) is 0 Å². The van der Waals surface area contributed by atoms with Gasteiger partial charge < -0.3 is 0 Å². The van der Waals surface area contributed by atoms with Gasteiger partial charge in [0.15, 0.2) is 0 Å². The molecule has 0 aliphatic heterocycles. The predicted molar refractivity (Wildman–Crippen MR) is 78.1 cm³/mol. The Morgan fingerprint density at radius 1 is 0.833 bits per heavy atom. The van der Waals surface area contributed by atoms with E-state index in [0.717, 1.165) is 6.42 Å². The zero-order valence-electron chi connectivity index (χ0n) is 11.7. The fourth-order valence-electron chi connectivity index (χ4n) is 2.81. The van der Waals surface area contributed by atoms with Gasteiger partial charge in [0.1, 0.15) is 0 Å². The lowest BCUT2D eigenvalue weighted by Gasteiger charge is -2.20. The normalized spacial score (nSPS) is 13.3. The zero-order valence-corrected chi connectivity index (χ0v) is 11.7. The Hall–Kier alpha value is -1.56. The molecule has 0 bridgehead atoms. The van der Waals surface area contributed by atoms with Gasteiger partial charge in [-0.1, -0.05) is 62.7 Å². The van der Waals surface area contributed by atoms with Crippen LogP contribution in [-0.4, -0.2) is 0 Å². The first kappa shape index (κ1) is 11.5. The number of aryl methyl sites for hydroxylation is 1. The molecular formula is C18H20. The van der Waals surface area contributed by atoms with Gasteiger partial charge in [0.2, 0.25) is 0 Å². The van der Waals surface area contributed by atoms with Crippen molar-refractivity contribution in [2.24, 2.45) is 0 Å². The second kappa shape index (κ2) is 3.71. The molecule has 0 nitrogen and oxygen atoms in total. The summed E-state index contributed by atoms with van der Waals surface area (Å²) in [5.74, 6) is 0. The molecule has 0 saturated carbocycles. The third-order valence-electron chi connectivity index (χ3n) is 3.90. The first-order chi connectivity index (χ1) is 8.45. The topological polar surface area (TPSA) is 0 Å². The largest absolute Gasteiger partial charge is 0.0587 e. The minimum absolute atomic E-state index is 0.236. The summed E-state index contributed by atoms with van der Waals surface area (Å²) in [5.41, 5.74) is 8.86. The van der Waals surface area contributed by atoms with Crippen LogP contribution in [0.1, 0.15) is 43.0 Å². The van der Waals surface area contributed by atoms with Gasteiger partial charge in [0.25, 0.3) is 0 Å². The van der Waals surface area contributed by atoms with Crippen LogP contribution >= 0.6 is 0 Å². The van der Waals surface area contributed by atoms with Crippen molar-refractivity contribution in [3.63, 3.8) is 0 Å². The predicted octanol–water partition coefficient (Wildman–Crippen LogP) is 4.86. The fraction of sp³-hybridized carbons (Fsp3) is 0.333. The van der Waals surface area contributed by atoms with Crippen LogP contribution in [-0.2, 0) is 11.8 Å². The SMILES string of the molecule is Cc1ccc2c(c1)Cc1cc(C(C)(C)C)ccc1-2. The van der Waals surface area contributed by atoms with E-state index >= 15 is 0 Å². The lowest BCUT2D eigenvalue weighted by atomic mass is 9.85. The van der Waals surface area contributed by atoms with Gasteiger partial charge in [0, 0.05) is 0 Å². The van der Waals surface area contributed by atoms with Gasteiger partial charge in [-0.25, -0.2) is 0 Å². The number of benzene rings is 2. The molecule has 2 aromatic rings. The maximum absolute atomic E-state index is 2.39. The van der Waals surface area contributed by atoms with Crippen molar-refractivity contribution in [2.75, 3.05) is 0 Å². The molecule has 0 heteroatoms. The van der Waals surface area contributed by atoms with Crippen LogP contribution in [0.4, 0.5) is 0 Å². The summed E-state index contributed by atoms with van der Waals surface area (Å²) >= 11 is 0. The second-order valence-corrected chi connectivity index (χ2v) is 6.46. The summed E-state index contributed by atoms with van der Waals surface area (Å²) in [6.45, 7) is 9.01. The third kappa shape index (κ3) is 1.77. The summed E-state index contributed by atoms with van der Waals surface area (Å²) in [6, 6.07) is 13.8. The van der Waals surface area contributed by atoms with E-state index in [1.807, 2.05) is 0 Å². The molecule has 0 saturated heterocycles. The van der Waals surface area contributed by atoms with E-state index in [2.05, 4.69) is 64.1 Å². The summed E-state index contributed by atoms with van der Waals surface area (Å²) in [5, 5.41) is 0. The van der Waals surface area contributed by atoms with Crippen molar-refractivity contribution >= 4 is 0 Å². The number of hydrogen-bond acceptors (Lipinski definition) is 0. The highest BCUT2D eigenvalue weighted by molar-refractivity contribution is 5.77. The second-order valence-electron chi connectivity index (χ2n) is 6.46. The molecule has 0 atom stereocenters. The van der Waals surface area contributed by atoms with Crippen molar-refractivity contribution in [3.05, 3.63) is 58.7 Å². The molecular weight excluding hydrogens is 216 g/mol. The summed E-state index contributed by atoms with van der Waals surface area (Å²) in [4.78, 5) is 0. The van der Waals surface area contributed by atoms with Crippen LogP contribution in [0.25, 0.3) is 11.1 Å². The molecule has 0 N–H and O–H groups in total. The quantitative estimate of drug-likeness (QED) is 0.522. The van der Waals surface area contributed by atoms with Gasteiger partial charge in [-0.3, -0.25) is 0 Å². The van der Waals surface area contributed by atoms with E-state index < -0.39 is 0 Å². The summed E-state index contributed by atoms with van der Waals surface area (Å²) < 4.78 is 0. The molecule has 0 spiro atoms.